The van der Waals surface area contributed by atoms with Gasteiger partial charge in [0.25, 0.3) is 0 Å². The quantitative estimate of drug-likeness (QED) is 0.732. The molecule has 1 fully saturated rings. The lowest BCUT2D eigenvalue weighted by molar-refractivity contribution is -0.134. The third-order valence-corrected chi connectivity index (χ3v) is 5.32. The first-order chi connectivity index (χ1) is 13.1. The number of carbonyl (C=O) groups is 2. The van der Waals surface area contributed by atoms with E-state index in [-0.39, 0.29) is 23.9 Å². The highest BCUT2D eigenvalue weighted by molar-refractivity contribution is 5.91. The van der Waals surface area contributed by atoms with E-state index in [0.29, 0.717) is 12.1 Å². The molecule has 1 aromatic heterocycles. The number of nitrogens with zero attached hydrogens (tertiary/aromatic N) is 1. The zero-order chi connectivity index (χ0) is 18.8. The van der Waals surface area contributed by atoms with Crippen LogP contribution in [0.3, 0.4) is 0 Å². The standard InChI is InChI=1S/C22H22N2O3/c25-21(14-15-7-1-3-9-17(15)22(26)27)24-12-6-5-11-20(24)19-13-16-8-2-4-10-18(16)23-19/h1-4,7-10,13,20,23H,5-6,11-12,14H2,(H,26,27). The Labute approximate surface area is 157 Å². The Bertz CT molecular complexity index is 959. The van der Waals surface area contributed by atoms with E-state index in [1.807, 2.05) is 23.1 Å². The van der Waals surface area contributed by atoms with E-state index < -0.39 is 5.97 Å². The summed E-state index contributed by atoms with van der Waals surface area (Å²) in [6.07, 6.45) is 3.08. The summed E-state index contributed by atoms with van der Waals surface area (Å²) in [6, 6.07) is 17.0. The van der Waals surface area contributed by atoms with Crippen LogP contribution in [0, 0.1) is 0 Å². The summed E-state index contributed by atoms with van der Waals surface area (Å²) in [6.45, 7) is 0.702. The molecule has 0 spiro atoms. The summed E-state index contributed by atoms with van der Waals surface area (Å²) in [5.74, 6) is -1.02. The molecule has 0 saturated carbocycles. The van der Waals surface area contributed by atoms with Crippen molar-refractivity contribution >= 4 is 22.8 Å². The van der Waals surface area contributed by atoms with E-state index in [4.69, 9.17) is 0 Å². The number of carbonyl (C=O) groups excluding carboxylic acids is 1. The van der Waals surface area contributed by atoms with Crippen molar-refractivity contribution in [3.8, 4) is 0 Å². The molecule has 0 aliphatic carbocycles. The van der Waals surface area contributed by atoms with Crippen LogP contribution in [0.5, 0.6) is 0 Å². The number of nitrogens with one attached hydrogen (secondary N) is 1. The van der Waals surface area contributed by atoms with Gasteiger partial charge in [0, 0.05) is 17.8 Å². The average Bonchev–Trinajstić information content (AvgIpc) is 3.12. The fourth-order valence-corrected chi connectivity index (χ4v) is 3.98. The summed E-state index contributed by atoms with van der Waals surface area (Å²) < 4.78 is 0. The molecule has 138 valence electrons. The molecule has 5 nitrogen and oxygen atoms in total. The van der Waals surface area contributed by atoms with Gasteiger partial charge in [-0.25, -0.2) is 4.79 Å². The number of H-pyrrole nitrogens is 1. The van der Waals surface area contributed by atoms with Crippen molar-refractivity contribution in [1.82, 2.24) is 9.88 Å². The van der Waals surface area contributed by atoms with Crippen LogP contribution in [-0.2, 0) is 11.2 Å². The second kappa shape index (κ2) is 7.27. The number of benzene rings is 2. The highest BCUT2D eigenvalue weighted by Crippen LogP contribution is 2.33. The van der Waals surface area contributed by atoms with E-state index in [9.17, 15) is 14.7 Å². The second-order valence-electron chi connectivity index (χ2n) is 7.05. The van der Waals surface area contributed by atoms with Crippen LogP contribution in [0.2, 0.25) is 0 Å². The highest BCUT2D eigenvalue weighted by Gasteiger charge is 2.29. The molecule has 1 saturated heterocycles. The molecule has 1 aliphatic heterocycles. The number of piperidine rings is 1. The van der Waals surface area contributed by atoms with Gasteiger partial charge < -0.3 is 15.0 Å². The van der Waals surface area contributed by atoms with Gasteiger partial charge >= 0.3 is 5.97 Å². The van der Waals surface area contributed by atoms with Gasteiger partial charge in [-0.3, -0.25) is 4.79 Å². The van der Waals surface area contributed by atoms with Gasteiger partial charge in [0.2, 0.25) is 5.91 Å². The van der Waals surface area contributed by atoms with Crippen LogP contribution >= 0.6 is 0 Å². The molecule has 2 aromatic carbocycles. The van der Waals surface area contributed by atoms with Gasteiger partial charge in [-0.1, -0.05) is 36.4 Å². The Morgan fingerprint density at radius 1 is 1.07 bits per heavy atom. The number of rotatable bonds is 4. The molecule has 0 bridgehead atoms. The second-order valence-corrected chi connectivity index (χ2v) is 7.05. The number of carboxylic acids is 1. The van der Waals surface area contributed by atoms with Crippen molar-refractivity contribution < 1.29 is 14.7 Å². The maximum absolute atomic E-state index is 13.1. The zero-order valence-electron chi connectivity index (χ0n) is 15.0. The van der Waals surface area contributed by atoms with E-state index in [2.05, 4.69) is 17.1 Å². The summed E-state index contributed by atoms with van der Waals surface area (Å²) in [5.41, 5.74) is 2.89. The molecule has 1 aliphatic rings. The third-order valence-electron chi connectivity index (χ3n) is 5.32. The number of hydrogen-bond donors (Lipinski definition) is 2. The first-order valence-electron chi connectivity index (χ1n) is 9.32. The third kappa shape index (κ3) is 3.45. The molecule has 1 unspecified atom stereocenters. The average molecular weight is 362 g/mol. The SMILES string of the molecule is O=C(O)c1ccccc1CC(=O)N1CCCCC1c1cc2ccccc2[nH]1. The van der Waals surface area contributed by atoms with E-state index in [1.165, 1.54) is 0 Å². The molecule has 1 atom stereocenters. The van der Waals surface area contributed by atoms with Gasteiger partial charge in [-0.2, -0.15) is 0 Å². The lowest BCUT2D eigenvalue weighted by atomic mass is 9.97. The van der Waals surface area contributed by atoms with E-state index in [0.717, 1.165) is 35.9 Å². The lowest BCUT2D eigenvalue weighted by Gasteiger charge is -2.35. The Kier molecular flexibility index (Phi) is 4.67. The van der Waals surface area contributed by atoms with Gasteiger partial charge in [0.05, 0.1) is 18.0 Å². The molecule has 5 heteroatoms. The van der Waals surface area contributed by atoms with Crippen LogP contribution in [0.4, 0.5) is 0 Å². The van der Waals surface area contributed by atoms with Crippen LogP contribution in [0.25, 0.3) is 10.9 Å². The number of aromatic carboxylic acids is 1. The van der Waals surface area contributed by atoms with Crippen molar-refractivity contribution in [2.24, 2.45) is 0 Å². The molecular formula is C22H22N2O3. The number of hydrogen-bond acceptors (Lipinski definition) is 2. The first-order valence-corrected chi connectivity index (χ1v) is 9.32. The largest absolute Gasteiger partial charge is 0.478 e. The minimum absolute atomic E-state index is 0.00985. The van der Waals surface area contributed by atoms with Crippen LogP contribution in [0.15, 0.2) is 54.6 Å². The molecule has 27 heavy (non-hydrogen) atoms. The molecule has 0 radical (unpaired) electrons. The fraction of sp³-hybridized carbons (Fsp3) is 0.273. The van der Waals surface area contributed by atoms with Crippen LogP contribution in [0.1, 0.15) is 46.9 Å². The number of fused-ring (bicyclic) bond motifs is 1. The predicted octanol–water partition coefficient (Wildman–Crippen LogP) is 4.16. The number of amides is 1. The molecular weight excluding hydrogens is 340 g/mol. The van der Waals surface area contributed by atoms with Gasteiger partial charge in [0.15, 0.2) is 0 Å². The van der Waals surface area contributed by atoms with Crippen LogP contribution < -0.4 is 0 Å². The summed E-state index contributed by atoms with van der Waals surface area (Å²) in [7, 11) is 0. The summed E-state index contributed by atoms with van der Waals surface area (Å²) in [5, 5.41) is 10.5. The first kappa shape index (κ1) is 17.3. The van der Waals surface area contributed by atoms with Crippen LogP contribution in [-0.4, -0.2) is 33.4 Å². The molecule has 2 heterocycles. The monoisotopic (exact) mass is 362 g/mol. The Hall–Kier alpha value is -3.08. The normalized spacial score (nSPS) is 17.2. The van der Waals surface area contributed by atoms with Gasteiger partial charge in [-0.15, -0.1) is 0 Å². The smallest absolute Gasteiger partial charge is 0.335 e. The number of aromatic amines is 1. The number of para-hydroxylation sites is 1. The zero-order valence-corrected chi connectivity index (χ0v) is 15.0. The minimum Gasteiger partial charge on any atom is -0.478 e. The minimum atomic E-state index is -0.996. The van der Waals surface area contributed by atoms with Crippen molar-refractivity contribution in [3.05, 3.63) is 71.4 Å². The topological polar surface area (TPSA) is 73.4 Å². The van der Waals surface area contributed by atoms with Gasteiger partial charge in [-0.05, 0) is 48.4 Å². The summed E-state index contributed by atoms with van der Waals surface area (Å²) >= 11 is 0. The molecule has 1 amide bonds. The number of carboxylic acid groups (broad SMARTS) is 1. The number of likely N-dealkylation sites (tertiary alicyclic amines) is 1. The van der Waals surface area contributed by atoms with Gasteiger partial charge in [0.1, 0.15) is 0 Å². The van der Waals surface area contributed by atoms with Crippen molar-refractivity contribution in [3.63, 3.8) is 0 Å². The molecule has 3 aromatic rings. The van der Waals surface area contributed by atoms with Crippen molar-refractivity contribution in [2.75, 3.05) is 6.54 Å². The summed E-state index contributed by atoms with van der Waals surface area (Å²) in [4.78, 5) is 29.9. The number of aromatic nitrogens is 1. The lowest BCUT2D eigenvalue weighted by Crippen LogP contribution is -2.39. The predicted molar refractivity (Wildman–Crippen MR) is 104 cm³/mol. The Morgan fingerprint density at radius 2 is 1.85 bits per heavy atom. The Morgan fingerprint density at radius 3 is 2.67 bits per heavy atom. The van der Waals surface area contributed by atoms with E-state index >= 15 is 0 Å². The van der Waals surface area contributed by atoms with E-state index in [1.54, 1.807) is 24.3 Å². The maximum Gasteiger partial charge on any atom is 0.335 e. The fourth-order valence-electron chi connectivity index (χ4n) is 3.98. The van der Waals surface area contributed by atoms with Crippen molar-refractivity contribution in [2.45, 2.75) is 31.7 Å². The molecule has 4 rings (SSSR count). The Balaban J connectivity index is 1.60. The van der Waals surface area contributed by atoms with Crippen molar-refractivity contribution in [1.29, 1.82) is 0 Å². The maximum atomic E-state index is 13.1. The highest BCUT2D eigenvalue weighted by atomic mass is 16.4. The molecule has 2 N–H and O–H groups in total.